The lowest BCUT2D eigenvalue weighted by atomic mass is 10.0. The molecule has 0 aromatic heterocycles. The van der Waals surface area contributed by atoms with Crippen LogP contribution in [0.4, 0.5) is 0 Å². The van der Waals surface area contributed by atoms with Gasteiger partial charge in [-0.25, -0.2) is 0 Å². The van der Waals surface area contributed by atoms with Gasteiger partial charge in [0, 0.05) is 27.4 Å². The van der Waals surface area contributed by atoms with Gasteiger partial charge < -0.3 is 30.2 Å². The molecule has 0 radical (unpaired) electrons. The predicted octanol–water partition coefficient (Wildman–Crippen LogP) is 4.60. The van der Waals surface area contributed by atoms with E-state index in [2.05, 4.69) is 21.0 Å². The Kier molecular flexibility index (Phi) is 24.9. The van der Waals surface area contributed by atoms with Gasteiger partial charge in [0.2, 0.25) is 0 Å². The average Bonchev–Trinajstić information content (AvgIpc) is 2.77. The highest BCUT2D eigenvalue weighted by atomic mass is 35.5. The van der Waals surface area contributed by atoms with Crippen LogP contribution in [0, 0.1) is 0 Å². The zero-order chi connectivity index (χ0) is 23.3. The fourth-order valence-electron chi connectivity index (χ4n) is 4.46. The van der Waals surface area contributed by atoms with E-state index in [9.17, 15) is 0 Å². The minimum Gasteiger partial charge on any atom is -1.00 e. The summed E-state index contributed by atoms with van der Waals surface area (Å²) in [6, 6.07) is 0.920. The van der Waals surface area contributed by atoms with E-state index >= 15 is 0 Å². The van der Waals surface area contributed by atoms with Gasteiger partial charge in [-0.05, 0) is 32.1 Å². The van der Waals surface area contributed by atoms with Gasteiger partial charge in [0.1, 0.15) is 0 Å². The third-order valence-electron chi connectivity index (χ3n) is 6.80. The molecule has 0 aliphatic heterocycles. The van der Waals surface area contributed by atoms with Crippen LogP contribution >= 0.6 is 0 Å². The Balaban J connectivity index is 0. The SMILES string of the molecule is CCCCCCCCCCCCCCCC[N+](C)(C)CCCCC[Si](OC)(OC)OC.[Cl-]. The summed E-state index contributed by atoms with van der Waals surface area (Å²) in [5.74, 6) is 0. The molecule has 0 aromatic carbocycles. The first kappa shape index (κ1) is 34.5. The molecular weight excluding hydrogens is 438 g/mol. The van der Waals surface area contributed by atoms with Crippen molar-refractivity contribution in [3.8, 4) is 0 Å². The van der Waals surface area contributed by atoms with Crippen LogP contribution in [0.1, 0.15) is 116 Å². The molecule has 6 heteroatoms. The van der Waals surface area contributed by atoms with E-state index in [0.29, 0.717) is 0 Å². The van der Waals surface area contributed by atoms with Crippen LogP contribution in [0.3, 0.4) is 0 Å². The molecule has 0 aromatic rings. The Bertz CT molecular complexity index is 374. The summed E-state index contributed by atoms with van der Waals surface area (Å²) in [4.78, 5) is 0. The second-order valence-electron chi connectivity index (χ2n) is 10.1. The zero-order valence-electron chi connectivity index (χ0n) is 22.7. The molecule has 0 aliphatic rings. The number of hydrogen-bond acceptors (Lipinski definition) is 3. The van der Waals surface area contributed by atoms with E-state index in [1.165, 1.54) is 116 Å². The van der Waals surface area contributed by atoms with Gasteiger partial charge in [-0.2, -0.15) is 0 Å². The van der Waals surface area contributed by atoms with E-state index in [4.69, 9.17) is 13.3 Å². The Morgan fingerprint density at radius 2 is 0.812 bits per heavy atom. The van der Waals surface area contributed by atoms with E-state index < -0.39 is 8.80 Å². The number of nitrogens with zero attached hydrogens (tertiary/aromatic N) is 1. The van der Waals surface area contributed by atoms with Crippen molar-refractivity contribution in [3.05, 3.63) is 0 Å². The lowest BCUT2D eigenvalue weighted by Crippen LogP contribution is -3.00. The van der Waals surface area contributed by atoms with Gasteiger partial charge in [0.05, 0.1) is 27.2 Å². The average molecular weight is 496 g/mol. The summed E-state index contributed by atoms with van der Waals surface area (Å²) >= 11 is 0. The lowest BCUT2D eigenvalue weighted by Gasteiger charge is -2.30. The van der Waals surface area contributed by atoms with Crippen LogP contribution < -0.4 is 12.4 Å². The Morgan fingerprint density at radius 3 is 1.16 bits per heavy atom. The minimum absolute atomic E-state index is 0. The standard InChI is InChI=1S/C26H58NO3Si.ClH/c1-7-8-9-10-11-12-13-14-15-16-17-18-19-21-24-27(2,3)25-22-20-23-26-31(28-4,29-5)30-6;/h7-26H2,1-6H3;1H/q+1;/p-1. The maximum Gasteiger partial charge on any atom is 0.500 e. The maximum absolute atomic E-state index is 5.51. The van der Waals surface area contributed by atoms with Gasteiger partial charge in [-0.3, -0.25) is 0 Å². The molecule has 0 aliphatic carbocycles. The minimum atomic E-state index is -2.37. The quantitative estimate of drug-likeness (QED) is 0.111. The third kappa shape index (κ3) is 19.8. The highest BCUT2D eigenvalue weighted by Gasteiger charge is 2.36. The van der Waals surface area contributed by atoms with Crippen molar-refractivity contribution in [1.82, 2.24) is 0 Å². The van der Waals surface area contributed by atoms with Crippen LogP contribution in [-0.4, -0.2) is 61.8 Å². The molecule has 0 saturated heterocycles. The third-order valence-corrected chi connectivity index (χ3v) is 9.63. The smallest absolute Gasteiger partial charge is 0.500 e. The summed E-state index contributed by atoms with van der Waals surface area (Å²) in [5, 5.41) is 0. The molecule has 0 saturated carbocycles. The van der Waals surface area contributed by atoms with Crippen LogP contribution in [0.25, 0.3) is 0 Å². The molecule has 0 unspecified atom stereocenters. The molecule has 4 nitrogen and oxygen atoms in total. The van der Waals surface area contributed by atoms with Crippen LogP contribution in [-0.2, 0) is 13.3 Å². The summed E-state index contributed by atoms with van der Waals surface area (Å²) in [6.45, 7) is 4.87. The molecule has 0 rings (SSSR count). The van der Waals surface area contributed by atoms with Crippen molar-refractivity contribution >= 4 is 8.80 Å². The van der Waals surface area contributed by atoms with E-state index in [0.717, 1.165) is 16.9 Å². The van der Waals surface area contributed by atoms with Crippen molar-refractivity contribution in [2.24, 2.45) is 0 Å². The van der Waals surface area contributed by atoms with Crippen molar-refractivity contribution in [3.63, 3.8) is 0 Å². The van der Waals surface area contributed by atoms with Gasteiger partial charge in [0.25, 0.3) is 0 Å². The van der Waals surface area contributed by atoms with E-state index in [1.807, 2.05) is 0 Å². The molecule has 196 valence electrons. The Morgan fingerprint density at radius 1 is 0.500 bits per heavy atom. The van der Waals surface area contributed by atoms with Gasteiger partial charge in [0.15, 0.2) is 0 Å². The summed E-state index contributed by atoms with van der Waals surface area (Å²) in [7, 11) is 7.52. The van der Waals surface area contributed by atoms with Crippen LogP contribution in [0.2, 0.25) is 6.04 Å². The molecule has 0 N–H and O–H groups in total. The summed E-state index contributed by atoms with van der Waals surface area (Å²) < 4.78 is 17.7. The predicted molar refractivity (Wildman–Crippen MR) is 138 cm³/mol. The first-order valence-corrected chi connectivity index (χ1v) is 15.4. The second-order valence-corrected chi connectivity index (χ2v) is 13.2. The molecule has 0 heterocycles. The second kappa shape index (κ2) is 23.1. The number of halogens is 1. The zero-order valence-corrected chi connectivity index (χ0v) is 24.4. The first-order chi connectivity index (χ1) is 14.9. The molecule has 0 atom stereocenters. The van der Waals surface area contributed by atoms with Crippen molar-refractivity contribution in [2.75, 3.05) is 48.5 Å². The number of rotatable bonds is 24. The van der Waals surface area contributed by atoms with Crippen molar-refractivity contribution in [2.45, 2.75) is 122 Å². The molecule has 32 heavy (non-hydrogen) atoms. The number of unbranched alkanes of at least 4 members (excludes halogenated alkanes) is 15. The van der Waals surface area contributed by atoms with Gasteiger partial charge in [-0.15, -0.1) is 0 Å². The molecule has 0 fully saturated rings. The number of hydrogen-bond donors (Lipinski definition) is 0. The highest BCUT2D eigenvalue weighted by Crippen LogP contribution is 2.18. The normalized spacial score (nSPS) is 12.2. The fraction of sp³-hybridized carbons (Fsp3) is 1.00. The van der Waals surface area contributed by atoms with Crippen molar-refractivity contribution < 1.29 is 30.2 Å². The van der Waals surface area contributed by atoms with Gasteiger partial charge >= 0.3 is 8.80 Å². The summed E-state index contributed by atoms with van der Waals surface area (Å²) in [6.07, 6.45) is 23.7. The molecular formula is C26H58ClNO3Si. The maximum atomic E-state index is 5.51. The molecule has 0 bridgehead atoms. The fourth-order valence-corrected chi connectivity index (χ4v) is 6.26. The molecule has 0 spiro atoms. The Labute approximate surface area is 209 Å². The van der Waals surface area contributed by atoms with E-state index in [-0.39, 0.29) is 12.4 Å². The van der Waals surface area contributed by atoms with Crippen LogP contribution in [0.15, 0.2) is 0 Å². The summed E-state index contributed by atoms with van der Waals surface area (Å²) in [5.41, 5.74) is 0. The van der Waals surface area contributed by atoms with Crippen LogP contribution in [0.5, 0.6) is 0 Å². The Hall–Kier alpha value is 0.347. The monoisotopic (exact) mass is 495 g/mol. The largest absolute Gasteiger partial charge is 1.00 e. The van der Waals surface area contributed by atoms with Crippen molar-refractivity contribution in [1.29, 1.82) is 0 Å². The topological polar surface area (TPSA) is 27.7 Å². The highest BCUT2D eigenvalue weighted by molar-refractivity contribution is 6.60. The number of quaternary nitrogens is 1. The van der Waals surface area contributed by atoms with E-state index in [1.54, 1.807) is 21.3 Å². The molecule has 0 amide bonds. The lowest BCUT2D eigenvalue weighted by molar-refractivity contribution is -0.890. The van der Waals surface area contributed by atoms with Gasteiger partial charge in [-0.1, -0.05) is 84.0 Å². The first-order valence-electron chi connectivity index (χ1n) is 13.4.